The van der Waals surface area contributed by atoms with Crippen LogP contribution in [0.4, 0.5) is 0 Å². The first kappa shape index (κ1) is 14.0. The van der Waals surface area contributed by atoms with Gasteiger partial charge in [0.25, 0.3) is 0 Å². The van der Waals surface area contributed by atoms with Gasteiger partial charge in [0.2, 0.25) is 5.91 Å². The number of hydrogen-bond acceptors (Lipinski definition) is 3. The number of carbonyl (C=O) groups excluding carboxylic acids is 1. The topological polar surface area (TPSA) is 59.2 Å². The van der Waals surface area contributed by atoms with E-state index in [1.54, 1.807) is 12.4 Å². The van der Waals surface area contributed by atoms with Crippen molar-refractivity contribution in [2.75, 3.05) is 13.1 Å². The maximum Gasteiger partial charge on any atom is 0.239 e. The number of nitrogens with two attached hydrogens (primary N) is 1. The van der Waals surface area contributed by atoms with E-state index in [4.69, 9.17) is 5.73 Å². The monoisotopic (exact) mass is 253 g/mol. The van der Waals surface area contributed by atoms with Crippen LogP contribution in [0.2, 0.25) is 0 Å². The van der Waals surface area contributed by atoms with E-state index in [1.807, 2.05) is 17.0 Å². The Morgan fingerprint density at radius 1 is 1.35 bits per heavy atom. The average Bonchev–Trinajstić information content (AvgIpc) is 2.83. The van der Waals surface area contributed by atoms with E-state index >= 15 is 0 Å². The SMILES string of the molecule is N[C@@H](Cc1ccncc1)C(=O)N1CCCC1.S. The van der Waals surface area contributed by atoms with Crippen LogP contribution in [0, 0.1) is 0 Å². The molecule has 4 nitrogen and oxygen atoms in total. The lowest BCUT2D eigenvalue weighted by atomic mass is 10.1. The van der Waals surface area contributed by atoms with Crippen molar-refractivity contribution in [3.63, 3.8) is 0 Å². The predicted molar refractivity (Wildman–Crippen MR) is 72.1 cm³/mol. The number of amides is 1. The third-order valence-corrected chi connectivity index (χ3v) is 2.94. The Bertz CT molecular complexity index is 352. The van der Waals surface area contributed by atoms with Gasteiger partial charge in [-0.2, -0.15) is 13.5 Å². The quantitative estimate of drug-likeness (QED) is 0.862. The third-order valence-electron chi connectivity index (χ3n) is 2.94. The standard InChI is InChI=1S/C12H17N3O.H2S/c13-11(9-10-3-5-14-6-4-10)12(16)15-7-1-2-8-15;/h3-6,11H,1-2,7-9,13H2;1H2/t11-;/m0./s1. The molecule has 0 bridgehead atoms. The number of carbonyl (C=O) groups is 1. The van der Waals surface area contributed by atoms with Crippen LogP contribution in [0.5, 0.6) is 0 Å². The molecule has 2 N–H and O–H groups in total. The summed E-state index contributed by atoms with van der Waals surface area (Å²) in [5, 5.41) is 0. The summed E-state index contributed by atoms with van der Waals surface area (Å²) in [6.45, 7) is 1.73. The summed E-state index contributed by atoms with van der Waals surface area (Å²) in [6.07, 6.45) is 6.25. The summed E-state index contributed by atoms with van der Waals surface area (Å²) < 4.78 is 0. The van der Waals surface area contributed by atoms with Crippen molar-refractivity contribution < 1.29 is 4.79 Å². The van der Waals surface area contributed by atoms with Gasteiger partial charge in [-0.05, 0) is 37.0 Å². The molecule has 1 fully saturated rings. The Balaban J connectivity index is 0.00000144. The molecule has 1 aliphatic heterocycles. The minimum atomic E-state index is -0.416. The predicted octanol–water partition coefficient (Wildman–Crippen LogP) is 0.687. The number of pyridine rings is 1. The first-order valence-electron chi connectivity index (χ1n) is 5.70. The van der Waals surface area contributed by atoms with Gasteiger partial charge in [0.1, 0.15) is 0 Å². The highest BCUT2D eigenvalue weighted by atomic mass is 32.1. The molecule has 1 saturated heterocycles. The van der Waals surface area contributed by atoms with Gasteiger partial charge in [0, 0.05) is 25.5 Å². The van der Waals surface area contributed by atoms with Gasteiger partial charge < -0.3 is 10.6 Å². The molecule has 1 aromatic heterocycles. The molecular weight excluding hydrogens is 234 g/mol. The second-order valence-corrected chi connectivity index (χ2v) is 4.20. The van der Waals surface area contributed by atoms with Crippen LogP contribution in [0.1, 0.15) is 18.4 Å². The largest absolute Gasteiger partial charge is 0.341 e. The molecule has 1 aromatic rings. The Labute approximate surface area is 109 Å². The molecular formula is C12H19N3OS. The van der Waals surface area contributed by atoms with Crippen LogP contribution in [0.3, 0.4) is 0 Å². The molecule has 1 atom stereocenters. The van der Waals surface area contributed by atoms with E-state index in [9.17, 15) is 4.79 Å². The molecule has 0 saturated carbocycles. The first-order valence-corrected chi connectivity index (χ1v) is 5.70. The second kappa shape index (κ2) is 6.61. The van der Waals surface area contributed by atoms with Crippen LogP contribution in [0.25, 0.3) is 0 Å². The average molecular weight is 253 g/mol. The van der Waals surface area contributed by atoms with Gasteiger partial charge in [0.15, 0.2) is 0 Å². The summed E-state index contributed by atoms with van der Waals surface area (Å²) in [5.74, 6) is 0.0781. The Morgan fingerprint density at radius 2 is 1.94 bits per heavy atom. The number of aromatic nitrogens is 1. The van der Waals surface area contributed by atoms with Crippen molar-refractivity contribution in [2.45, 2.75) is 25.3 Å². The van der Waals surface area contributed by atoms with Crippen LogP contribution in [-0.2, 0) is 11.2 Å². The molecule has 0 spiro atoms. The highest BCUT2D eigenvalue weighted by Crippen LogP contribution is 2.10. The summed E-state index contributed by atoms with van der Waals surface area (Å²) in [6, 6.07) is 3.38. The minimum absolute atomic E-state index is 0. The molecule has 0 radical (unpaired) electrons. The highest BCUT2D eigenvalue weighted by Gasteiger charge is 2.23. The molecule has 5 heteroatoms. The van der Waals surface area contributed by atoms with Crippen LogP contribution in [0.15, 0.2) is 24.5 Å². The summed E-state index contributed by atoms with van der Waals surface area (Å²) in [5.41, 5.74) is 6.98. The van der Waals surface area contributed by atoms with E-state index in [0.717, 1.165) is 31.5 Å². The number of likely N-dealkylation sites (tertiary alicyclic amines) is 1. The molecule has 94 valence electrons. The maximum absolute atomic E-state index is 11.9. The number of rotatable bonds is 3. The van der Waals surface area contributed by atoms with E-state index in [1.165, 1.54) is 0 Å². The van der Waals surface area contributed by atoms with Crippen molar-refractivity contribution >= 4 is 19.4 Å². The lowest BCUT2D eigenvalue weighted by Crippen LogP contribution is -2.43. The van der Waals surface area contributed by atoms with E-state index < -0.39 is 6.04 Å². The fraction of sp³-hybridized carbons (Fsp3) is 0.500. The van der Waals surface area contributed by atoms with Crippen molar-refractivity contribution in [2.24, 2.45) is 5.73 Å². The van der Waals surface area contributed by atoms with Gasteiger partial charge >= 0.3 is 0 Å². The molecule has 2 heterocycles. The molecule has 17 heavy (non-hydrogen) atoms. The molecule has 1 amide bonds. The smallest absolute Gasteiger partial charge is 0.239 e. The summed E-state index contributed by atoms with van der Waals surface area (Å²) >= 11 is 0. The van der Waals surface area contributed by atoms with Crippen LogP contribution >= 0.6 is 13.5 Å². The maximum atomic E-state index is 11.9. The normalized spacial score (nSPS) is 16.4. The highest BCUT2D eigenvalue weighted by molar-refractivity contribution is 7.59. The molecule has 0 aromatic carbocycles. The van der Waals surface area contributed by atoms with Gasteiger partial charge in [0.05, 0.1) is 6.04 Å². The Kier molecular flexibility index (Phi) is 5.44. The Morgan fingerprint density at radius 3 is 2.53 bits per heavy atom. The molecule has 0 aliphatic carbocycles. The second-order valence-electron chi connectivity index (χ2n) is 4.20. The zero-order valence-corrected chi connectivity index (χ0v) is 10.8. The lowest BCUT2D eigenvalue weighted by Gasteiger charge is -2.20. The fourth-order valence-electron chi connectivity index (χ4n) is 2.03. The van der Waals surface area contributed by atoms with E-state index in [-0.39, 0.29) is 19.4 Å². The first-order chi connectivity index (χ1) is 7.77. The molecule has 2 rings (SSSR count). The minimum Gasteiger partial charge on any atom is -0.341 e. The van der Waals surface area contributed by atoms with Gasteiger partial charge in [-0.25, -0.2) is 0 Å². The fourth-order valence-corrected chi connectivity index (χ4v) is 2.03. The van der Waals surface area contributed by atoms with Crippen LogP contribution in [-0.4, -0.2) is 34.9 Å². The number of nitrogens with zero attached hydrogens (tertiary/aromatic N) is 2. The van der Waals surface area contributed by atoms with Crippen LogP contribution < -0.4 is 5.73 Å². The van der Waals surface area contributed by atoms with Crippen molar-refractivity contribution in [1.82, 2.24) is 9.88 Å². The van der Waals surface area contributed by atoms with Gasteiger partial charge in [-0.1, -0.05) is 0 Å². The van der Waals surface area contributed by atoms with Crippen molar-refractivity contribution in [3.8, 4) is 0 Å². The third kappa shape index (κ3) is 3.71. The molecule has 0 unspecified atom stereocenters. The van der Waals surface area contributed by atoms with Crippen molar-refractivity contribution in [1.29, 1.82) is 0 Å². The van der Waals surface area contributed by atoms with E-state index in [0.29, 0.717) is 6.42 Å². The summed E-state index contributed by atoms with van der Waals surface area (Å²) in [4.78, 5) is 17.7. The van der Waals surface area contributed by atoms with Gasteiger partial charge in [-0.3, -0.25) is 9.78 Å². The lowest BCUT2D eigenvalue weighted by molar-refractivity contribution is -0.131. The summed E-state index contributed by atoms with van der Waals surface area (Å²) in [7, 11) is 0. The zero-order valence-electron chi connectivity index (χ0n) is 9.80. The zero-order chi connectivity index (χ0) is 11.4. The van der Waals surface area contributed by atoms with E-state index in [2.05, 4.69) is 4.98 Å². The van der Waals surface area contributed by atoms with Crippen molar-refractivity contribution in [3.05, 3.63) is 30.1 Å². The van der Waals surface area contributed by atoms with Gasteiger partial charge in [-0.15, -0.1) is 0 Å². The molecule has 1 aliphatic rings. The Hall–Kier alpha value is -1.07. The number of hydrogen-bond donors (Lipinski definition) is 1.